The summed E-state index contributed by atoms with van der Waals surface area (Å²) in [5, 5.41) is 0. The number of amides is 1. The van der Waals surface area contributed by atoms with Crippen molar-refractivity contribution >= 4 is 43.1 Å². The highest BCUT2D eigenvalue weighted by Gasteiger charge is 2.37. The number of hydrogen-bond donors (Lipinski definition) is 1. The van der Waals surface area contributed by atoms with Crippen molar-refractivity contribution in [3.05, 3.63) is 53.1 Å². The number of carbonyl (C=O) groups excluding carboxylic acids is 2. The second kappa shape index (κ2) is 7.27. The van der Waals surface area contributed by atoms with Gasteiger partial charge in [-0.05, 0) is 68.3 Å². The Bertz CT molecular complexity index is 1190. The molecule has 154 valence electrons. The molecule has 1 fully saturated rings. The molecule has 0 saturated carbocycles. The van der Waals surface area contributed by atoms with E-state index in [0.717, 1.165) is 4.31 Å². The van der Waals surface area contributed by atoms with Gasteiger partial charge in [-0.3, -0.25) is 14.3 Å². The Kier molecular flexibility index (Phi) is 5.26. The predicted molar refractivity (Wildman–Crippen MR) is 109 cm³/mol. The van der Waals surface area contributed by atoms with Crippen LogP contribution < -0.4 is 9.03 Å². The molecule has 1 heterocycles. The average molecular weight is 437 g/mol. The van der Waals surface area contributed by atoms with Crippen molar-refractivity contribution in [3.8, 4) is 0 Å². The minimum Gasteiger partial charge on any atom is -0.295 e. The average Bonchev–Trinajstić information content (AvgIpc) is 2.86. The number of anilines is 2. The third kappa shape index (κ3) is 4.03. The summed E-state index contributed by atoms with van der Waals surface area (Å²) >= 11 is 0. The fourth-order valence-electron chi connectivity index (χ4n) is 3.32. The summed E-state index contributed by atoms with van der Waals surface area (Å²) in [5.74, 6) is -0.932. The standard InChI is InChI=1S/C19H20N2O6S2/c1-12-10-17(21-18(23)8-9-28(21,24)25)11-13(2)19(12)29(26,27)20-16-6-4-15(5-7-16)14(3)22/h4-7,10-11,20H,8-9H2,1-3H3. The molecule has 1 aliphatic rings. The number of aryl methyl sites for hydroxylation is 2. The molecule has 1 N–H and O–H groups in total. The van der Waals surface area contributed by atoms with E-state index in [1.54, 1.807) is 0 Å². The number of nitrogens with zero attached hydrogens (tertiary/aromatic N) is 1. The second-order valence-electron chi connectivity index (χ2n) is 6.87. The van der Waals surface area contributed by atoms with E-state index in [-0.39, 0.29) is 34.2 Å². The molecule has 2 aromatic carbocycles. The number of sulfonamides is 2. The molecule has 29 heavy (non-hydrogen) atoms. The number of carbonyl (C=O) groups is 2. The lowest BCUT2D eigenvalue weighted by Gasteiger charge is -2.19. The van der Waals surface area contributed by atoms with Crippen LogP contribution in [0.3, 0.4) is 0 Å². The zero-order chi connectivity index (χ0) is 21.6. The predicted octanol–water partition coefficient (Wildman–Crippen LogP) is 2.37. The van der Waals surface area contributed by atoms with Crippen molar-refractivity contribution in [3.63, 3.8) is 0 Å². The van der Waals surface area contributed by atoms with Gasteiger partial charge >= 0.3 is 0 Å². The molecule has 0 spiro atoms. The maximum atomic E-state index is 12.9. The smallest absolute Gasteiger partial charge is 0.262 e. The summed E-state index contributed by atoms with van der Waals surface area (Å²) < 4.78 is 53.3. The number of benzene rings is 2. The van der Waals surface area contributed by atoms with E-state index in [0.29, 0.717) is 16.7 Å². The van der Waals surface area contributed by atoms with Crippen LogP contribution in [0.4, 0.5) is 11.4 Å². The molecule has 1 aliphatic heterocycles. The van der Waals surface area contributed by atoms with E-state index in [2.05, 4.69) is 4.72 Å². The number of hydrogen-bond acceptors (Lipinski definition) is 6. The molecular weight excluding hydrogens is 416 g/mol. The van der Waals surface area contributed by atoms with Gasteiger partial charge in [0.1, 0.15) is 0 Å². The van der Waals surface area contributed by atoms with Crippen molar-refractivity contribution in [1.29, 1.82) is 0 Å². The highest BCUT2D eigenvalue weighted by atomic mass is 32.2. The largest absolute Gasteiger partial charge is 0.295 e. The number of ketones is 1. The molecule has 0 bridgehead atoms. The number of rotatable bonds is 5. The molecule has 1 saturated heterocycles. The Hall–Kier alpha value is -2.72. The molecular formula is C19H20N2O6S2. The number of nitrogens with one attached hydrogen (secondary N) is 1. The van der Waals surface area contributed by atoms with Crippen LogP contribution in [0.5, 0.6) is 0 Å². The van der Waals surface area contributed by atoms with Crippen LogP contribution in [0.25, 0.3) is 0 Å². The Labute approximate surface area is 169 Å². The van der Waals surface area contributed by atoms with Gasteiger partial charge in [0.25, 0.3) is 10.0 Å². The van der Waals surface area contributed by atoms with Crippen LogP contribution in [-0.2, 0) is 24.8 Å². The minimum absolute atomic E-state index is 0.000869. The van der Waals surface area contributed by atoms with Crippen molar-refractivity contribution in [2.24, 2.45) is 0 Å². The first-order valence-corrected chi connectivity index (χ1v) is 11.8. The second-order valence-corrected chi connectivity index (χ2v) is 10.4. The minimum atomic E-state index is -3.98. The summed E-state index contributed by atoms with van der Waals surface area (Å²) in [6, 6.07) is 8.77. The molecule has 0 aliphatic carbocycles. The summed E-state index contributed by atoms with van der Waals surface area (Å²) in [7, 11) is -7.72. The van der Waals surface area contributed by atoms with E-state index < -0.39 is 26.0 Å². The highest BCUT2D eigenvalue weighted by molar-refractivity contribution is 7.94. The van der Waals surface area contributed by atoms with E-state index in [4.69, 9.17) is 0 Å². The Morgan fingerprint density at radius 1 is 1.07 bits per heavy atom. The molecule has 0 atom stereocenters. The van der Waals surface area contributed by atoms with Gasteiger partial charge in [0.15, 0.2) is 5.78 Å². The molecule has 8 nitrogen and oxygen atoms in total. The Balaban J connectivity index is 1.98. The SMILES string of the molecule is CC(=O)c1ccc(NS(=O)(=O)c2c(C)cc(N3C(=O)CCS3(=O)=O)cc2C)cc1. The van der Waals surface area contributed by atoms with Gasteiger partial charge in [-0.15, -0.1) is 0 Å². The Morgan fingerprint density at radius 2 is 1.62 bits per heavy atom. The summed E-state index contributed by atoms with van der Waals surface area (Å²) in [4.78, 5) is 23.4. The van der Waals surface area contributed by atoms with Gasteiger partial charge in [-0.1, -0.05) is 0 Å². The molecule has 0 unspecified atom stereocenters. The molecule has 3 rings (SSSR count). The third-order valence-corrected chi connectivity index (χ3v) is 7.95. The van der Waals surface area contributed by atoms with Gasteiger partial charge in [0.2, 0.25) is 15.9 Å². The molecule has 0 aromatic heterocycles. The van der Waals surface area contributed by atoms with E-state index in [9.17, 15) is 26.4 Å². The van der Waals surface area contributed by atoms with Gasteiger partial charge in [0.05, 0.1) is 16.3 Å². The maximum absolute atomic E-state index is 12.9. The topological polar surface area (TPSA) is 118 Å². The fraction of sp³-hybridized carbons (Fsp3) is 0.263. The first-order chi connectivity index (χ1) is 13.4. The van der Waals surface area contributed by atoms with Crippen LogP contribution in [0.2, 0.25) is 0 Å². The monoisotopic (exact) mass is 436 g/mol. The van der Waals surface area contributed by atoms with Crippen LogP contribution in [-0.4, -0.2) is 34.3 Å². The fourth-order valence-corrected chi connectivity index (χ4v) is 6.27. The quantitative estimate of drug-likeness (QED) is 0.719. The van der Waals surface area contributed by atoms with Gasteiger partial charge < -0.3 is 0 Å². The van der Waals surface area contributed by atoms with Gasteiger partial charge in [0, 0.05) is 17.7 Å². The lowest BCUT2D eigenvalue weighted by Crippen LogP contribution is -2.29. The van der Waals surface area contributed by atoms with Crippen molar-refractivity contribution in [1.82, 2.24) is 0 Å². The van der Waals surface area contributed by atoms with Crippen molar-refractivity contribution in [2.45, 2.75) is 32.1 Å². The summed E-state index contributed by atoms with van der Waals surface area (Å²) in [6.45, 7) is 4.49. The van der Waals surface area contributed by atoms with Gasteiger partial charge in [-0.25, -0.2) is 21.1 Å². The Morgan fingerprint density at radius 3 is 2.07 bits per heavy atom. The molecule has 1 amide bonds. The molecule has 2 aromatic rings. The molecule has 0 radical (unpaired) electrons. The highest BCUT2D eigenvalue weighted by Crippen LogP contribution is 2.32. The zero-order valence-electron chi connectivity index (χ0n) is 16.1. The summed E-state index contributed by atoms with van der Waals surface area (Å²) in [6.07, 6.45) is -0.0989. The van der Waals surface area contributed by atoms with Crippen LogP contribution in [0.1, 0.15) is 34.8 Å². The van der Waals surface area contributed by atoms with E-state index in [1.807, 2.05) is 0 Å². The zero-order valence-corrected chi connectivity index (χ0v) is 17.7. The lowest BCUT2D eigenvalue weighted by molar-refractivity contribution is -0.116. The third-order valence-electron chi connectivity index (χ3n) is 4.57. The van der Waals surface area contributed by atoms with Crippen molar-refractivity contribution < 1.29 is 26.4 Å². The van der Waals surface area contributed by atoms with Crippen LogP contribution in [0, 0.1) is 13.8 Å². The number of Topliss-reactive ketones (excluding diaryl/α,β-unsaturated/α-hetero) is 1. The van der Waals surface area contributed by atoms with E-state index in [1.165, 1.54) is 57.2 Å². The normalized spacial score (nSPS) is 16.1. The lowest BCUT2D eigenvalue weighted by atomic mass is 10.1. The first kappa shape index (κ1) is 21.0. The first-order valence-electron chi connectivity index (χ1n) is 8.73. The van der Waals surface area contributed by atoms with Crippen LogP contribution >= 0.6 is 0 Å². The van der Waals surface area contributed by atoms with E-state index >= 15 is 0 Å². The van der Waals surface area contributed by atoms with Crippen molar-refractivity contribution in [2.75, 3.05) is 14.8 Å². The maximum Gasteiger partial charge on any atom is 0.262 e. The summed E-state index contributed by atoms with van der Waals surface area (Å²) in [5.41, 5.74) is 1.49. The van der Waals surface area contributed by atoms with Crippen LogP contribution in [0.15, 0.2) is 41.3 Å². The van der Waals surface area contributed by atoms with Gasteiger partial charge in [-0.2, -0.15) is 0 Å². The molecule has 10 heteroatoms.